The minimum absolute atomic E-state index is 0.0563. The van der Waals surface area contributed by atoms with Crippen LogP contribution in [0.15, 0.2) is 17.0 Å². The molecule has 1 aromatic rings. The fourth-order valence-corrected chi connectivity index (χ4v) is 2.07. The highest BCUT2D eigenvalue weighted by atomic mass is 32.2. The molecule has 1 aromatic carbocycles. The third-order valence-corrected chi connectivity index (χ3v) is 3.04. The zero-order chi connectivity index (χ0) is 13.7. The van der Waals surface area contributed by atoms with Gasteiger partial charge in [0, 0.05) is 16.7 Å². The summed E-state index contributed by atoms with van der Waals surface area (Å²) in [6.07, 6.45) is -0.122. The van der Waals surface area contributed by atoms with E-state index in [1.54, 1.807) is 0 Å². The van der Waals surface area contributed by atoms with Gasteiger partial charge in [-0.2, -0.15) is 0 Å². The lowest BCUT2D eigenvalue weighted by Crippen LogP contribution is -1.98. The van der Waals surface area contributed by atoms with Gasteiger partial charge in [0.1, 0.15) is 5.82 Å². The van der Waals surface area contributed by atoms with Crippen LogP contribution in [-0.2, 0) is 4.79 Å². The number of aliphatic carboxylic acids is 1. The molecule has 1 N–H and O–H groups in total. The second-order valence-corrected chi connectivity index (χ2v) is 4.34. The second-order valence-electron chi connectivity index (χ2n) is 3.20. The quantitative estimate of drug-likeness (QED) is 0.486. The predicted molar refractivity (Wildman–Crippen MR) is 62.6 cm³/mol. The lowest BCUT2D eigenvalue weighted by Gasteiger charge is -2.06. The molecule has 0 atom stereocenters. The van der Waals surface area contributed by atoms with Crippen molar-refractivity contribution in [1.29, 1.82) is 0 Å². The molecule has 0 fully saturated rings. The molecular formula is C10H10FNO5S. The van der Waals surface area contributed by atoms with Gasteiger partial charge in [-0.05, 0) is 0 Å². The van der Waals surface area contributed by atoms with Crippen molar-refractivity contribution in [3.05, 3.63) is 28.1 Å². The summed E-state index contributed by atoms with van der Waals surface area (Å²) >= 11 is 0.967. The predicted octanol–water partition coefficient (Wildman–Crippen LogP) is 2.31. The van der Waals surface area contributed by atoms with E-state index in [0.717, 1.165) is 17.8 Å². The van der Waals surface area contributed by atoms with Gasteiger partial charge in [-0.25, -0.2) is 4.39 Å². The van der Waals surface area contributed by atoms with E-state index in [9.17, 15) is 19.3 Å². The normalized spacial score (nSPS) is 10.1. The topological polar surface area (TPSA) is 89.7 Å². The van der Waals surface area contributed by atoms with Gasteiger partial charge >= 0.3 is 11.7 Å². The van der Waals surface area contributed by atoms with Crippen LogP contribution in [0.1, 0.15) is 6.42 Å². The van der Waals surface area contributed by atoms with Crippen LogP contribution < -0.4 is 4.74 Å². The molecule has 0 saturated heterocycles. The summed E-state index contributed by atoms with van der Waals surface area (Å²) in [6, 6.07) is 1.96. The van der Waals surface area contributed by atoms with Crippen LogP contribution in [0.25, 0.3) is 0 Å². The van der Waals surface area contributed by atoms with Gasteiger partial charge in [0.2, 0.25) is 0 Å². The maximum absolute atomic E-state index is 13.5. The van der Waals surface area contributed by atoms with Crippen molar-refractivity contribution in [3.63, 3.8) is 0 Å². The Morgan fingerprint density at radius 3 is 2.78 bits per heavy atom. The van der Waals surface area contributed by atoms with Crippen LogP contribution >= 0.6 is 11.8 Å². The van der Waals surface area contributed by atoms with Gasteiger partial charge in [0.15, 0.2) is 5.75 Å². The maximum atomic E-state index is 13.5. The fourth-order valence-electron chi connectivity index (χ4n) is 1.19. The molecule has 0 radical (unpaired) electrons. The first kappa shape index (κ1) is 14.2. The van der Waals surface area contributed by atoms with Gasteiger partial charge in [0.05, 0.1) is 24.5 Å². The zero-order valence-electron chi connectivity index (χ0n) is 9.38. The van der Waals surface area contributed by atoms with Gasteiger partial charge in [0.25, 0.3) is 0 Å². The van der Waals surface area contributed by atoms with Crippen molar-refractivity contribution < 1.29 is 24.0 Å². The zero-order valence-corrected chi connectivity index (χ0v) is 10.2. The first-order valence-electron chi connectivity index (χ1n) is 4.82. The number of carboxylic acids is 1. The number of carbonyl (C=O) groups is 1. The number of nitro groups is 1. The van der Waals surface area contributed by atoms with E-state index in [4.69, 9.17) is 9.84 Å². The molecule has 1 rings (SSSR count). The molecule has 0 bridgehead atoms. The number of ether oxygens (including phenoxy) is 1. The van der Waals surface area contributed by atoms with Crippen LogP contribution in [0.5, 0.6) is 5.75 Å². The molecule has 6 nitrogen and oxygen atoms in total. The number of hydrogen-bond donors (Lipinski definition) is 1. The SMILES string of the molecule is COc1cc(SCCC(=O)O)c(F)cc1[N+](=O)[O-]. The van der Waals surface area contributed by atoms with Gasteiger partial charge in [-0.15, -0.1) is 11.8 Å². The molecule has 0 aliphatic rings. The van der Waals surface area contributed by atoms with E-state index in [1.807, 2.05) is 0 Å². The highest BCUT2D eigenvalue weighted by Crippen LogP contribution is 2.34. The van der Waals surface area contributed by atoms with Crippen LogP contribution in [0.2, 0.25) is 0 Å². The van der Waals surface area contributed by atoms with Gasteiger partial charge in [-0.3, -0.25) is 14.9 Å². The molecule has 0 aliphatic heterocycles. The van der Waals surface area contributed by atoms with Crippen molar-refractivity contribution in [2.75, 3.05) is 12.9 Å². The Labute approximate surface area is 106 Å². The van der Waals surface area contributed by atoms with Crippen LogP contribution in [0.3, 0.4) is 0 Å². The van der Waals surface area contributed by atoms with E-state index in [0.29, 0.717) is 0 Å². The number of carboxylic acid groups (broad SMARTS) is 1. The van der Waals surface area contributed by atoms with Crippen molar-refractivity contribution in [2.45, 2.75) is 11.3 Å². The number of hydrogen-bond acceptors (Lipinski definition) is 5. The van der Waals surface area contributed by atoms with Crippen LogP contribution in [0.4, 0.5) is 10.1 Å². The highest BCUT2D eigenvalue weighted by Gasteiger charge is 2.19. The van der Waals surface area contributed by atoms with Crippen LogP contribution in [0, 0.1) is 15.9 Å². The average molecular weight is 275 g/mol. The molecule has 0 aromatic heterocycles. The van der Waals surface area contributed by atoms with Crippen LogP contribution in [-0.4, -0.2) is 28.9 Å². The third-order valence-electron chi connectivity index (χ3n) is 2.00. The Morgan fingerprint density at radius 2 is 2.28 bits per heavy atom. The van der Waals surface area contributed by atoms with Crippen molar-refractivity contribution in [1.82, 2.24) is 0 Å². The number of thioether (sulfide) groups is 1. The molecule has 0 amide bonds. The first-order valence-corrected chi connectivity index (χ1v) is 5.80. The summed E-state index contributed by atoms with van der Waals surface area (Å²) in [4.78, 5) is 20.3. The summed E-state index contributed by atoms with van der Waals surface area (Å²) < 4.78 is 18.3. The number of halogens is 1. The van der Waals surface area contributed by atoms with E-state index < -0.39 is 22.4 Å². The summed E-state index contributed by atoms with van der Waals surface area (Å²) in [5.74, 6) is -1.64. The van der Waals surface area contributed by atoms with E-state index >= 15 is 0 Å². The second kappa shape index (κ2) is 6.20. The highest BCUT2D eigenvalue weighted by molar-refractivity contribution is 7.99. The molecule has 98 valence electrons. The van der Waals surface area contributed by atoms with E-state index in [2.05, 4.69) is 0 Å². The van der Waals surface area contributed by atoms with Crippen molar-refractivity contribution >= 4 is 23.4 Å². The number of benzene rings is 1. The molecular weight excluding hydrogens is 265 g/mol. The average Bonchev–Trinajstić information content (AvgIpc) is 2.30. The molecule has 8 heteroatoms. The summed E-state index contributed by atoms with van der Waals surface area (Å²) in [5.41, 5.74) is -0.461. The number of nitro benzene ring substituents is 1. The van der Waals surface area contributed by atoms with Gasteiger partial charge < -0.3 is 9.84 Å². The number of methoxy groups -OCH3 is 1. The number of nitrogens with zero attached hydrogens (tertiary/aromatic N) is 1. The molecule has 0 spiro atoms. The van der Waals surface area contributed by atoms with Crippen molar-refractivity contribution in [2.24, 2.45) is 0 Å². The Morgan fingerprint density at radius 1 is 1.61 bits per heavy atom. The lowest BCUT2D eigenvalue weighted by molar-refractivity contribution is -0.386. The summed E-state index contributed by atoms with van der Waals surface area (Å²) in [5, 5.41) is 19.1. The number of rotatable bonds is 6. The Bertz CT molecular complexity index is 480. The third kappa shape index (κ3) is 3.59. The monoisotopic (exact) mass is 275 g/mol. The molecule has 18 heavy (non-hydrogen) atoms. The summed E-state index contributed by atoms with van der Waals surface area (Å²) in [7, 11) is 1.24. The fraction of sp³-hybridized carbons (Fsp3) is 0.300. The molecule has 0 aliphatic carbocycles. The molecule has 0 saturated carbocycles. The Hall–Kier alpha value is -1.83. The largest absolute Gasteiger partial charge is 0.490 e. The van der Waals surface area contributed by atoms with Crippen molar-refractivity contribution in [3.8, 4) is 5.75 Å². The first-order chi connectivity index (χ1) is 8.45. The molecule has 0 unspecified atom stereocenters. The standard InChI is InChI=1S/C10H10FNO5S/c1-17-8-5-9(18-3-2-10(13)14)6(11)4-7(8)12(15)16/h4-5H,2-3H2,1H3,(H,13,14). The Balaban J connectivity index is 2.93. The van der Waals surface area contributed by atoms with Gasteiger partial charge in [-0.1, -0.05) is 0 Å². The molecule has 0 heterocycles. The minimum Gasteiger partial charge on any atom is -0.490 e. The maximum Gasteiger partial charge on any atom is 0.313 e. The minimum atomic E-state index is -0.989. The summed E-state index contributed by atoms with van der Waals surface area (Å²) in [6.45, 7) is 0. The Kier molecular flexibility index (Phi) is 4.90. The van der Waals surface area contributed by atoms with E-state index in [-0.39, 0.29) is 22.8 Å². The smallest absolute Gasteiger partial charge is 0.313 e. The lowest BCUT2D eigenvalue weighted by atomic mass is 10.3. The van der Waals surface area contributed by atoms with E-state index in [1.165, 1.54) is 13.2 Å².